The number of likely N-dealkylation sites (tertiary alicyclic amines) is 1. The summed E-state index contributed by atoms with van der Waals surface area (Å²) in [5, 5.41) is 18.3. The molecule has 1 aliphatic carbocycles. The van der Waals surface area contributed by atoms with Crippen molar-refractivity contribution >= 4 is 33.7 Å². The summed E-state index contributed by atoms with van der Waals surface area (Å²) in [5.74, 6) is -1.61. The molecule has 1 N–H and O–H groups in total. The third-order valence-electron chi connectivity index (χ3n) is 8.68. The van der Waals surface area contributed by atoms with Crippen molar-refractivity contribution in [2.45, 2.75) is 78.0 Å². The zero-order valence-electron chi connectivity index (χ0n) is 23.4. The fourth-order valence-corrected chi connectivity index (χ4v) is 6.91. The number of carboxylic acid groups (broad SMARTS) is 1. The molecule has 1 aromatic carbocycles. The van der Waals surface area contributed by atoms with E-state index in [4.69, 9.17) is 4.74 Å². The minimum Gasteiger partial charge on any atom is -0.487 e. The maximum Gasteiger partial charge on any atom is 0.307 e. The predicted molar refractivity (Wildman–Crippen MR) is 150 cm³/mol. The molecule has 3 heterocycles. The van der Waals surface area contributed by atoms with Crippen LogP contribution in [0.2, 0.25) is 0 Å². The van der Waals surface area contributed by atoms with Crippen molar-refractivity contribution in [1.82, 2.24) is 24.8 Å². The van der Waals surface area contributed by atoms with E-state index >= 15 is 0 Å². The second-order valence-electron chi connectivity index (χ2n) is 11.6. The van der Waals surface area contributed by atoms with Crippen molar-refractivity contribution in [2.24, 2.45) is 17.8 Å². The number of hydrogen-bond donors (Lipinski definition) is 1. The Bertz CT molecular complexity index is 1280. The molecule has 2 fully saturated rings. The second-order valence-corrected chi connectivity index (χ2v) is 12.5. The molecule has 0 spiro atoms. The first-order valence-electron chi connectivity index (χ1n) is 14.3. The van der Waals surface area contributed by atoms with E-state index in [9.17, 15) is 19.5 Å². The topological polar surface area (TPSA) is 118 Å². The number of halogens is 1. The largest absolute Gasteiger partial charge is 0.487 e. The van der Waals surface area contributed by atoms with Crippen molar-refractivity contribution < 1.29 is 24.2 Å². The summed E-state index contributed by atoms with van der Waals surface area (Å²) in [6.45, 7) is 7.66. The van der Waals surface area contributed by atoms with Crippen molar-refractivity contribution in [3.05, 3.63) is 39.6 Å². The van der Waals surface area contributed by atoms with Crippen LogP contribution in [0.3, 0.4) is 0 Å². The Morgan fingerprint density at radius 1 is 1.15 bits per heavy atom. The van der Waals surface area contributed by atoms with Gasteiger partial charge in [0.1, 0.15) is 18.1 Å². The number of ether oxygens (including phenoxy) is 1. The zero-order chi connectivity index (χ0) is 28.6. The van der Waals surface area contributed by atoms with Gasteiger partial charge in [-0.2, -0.15) is 0 Å². The average Bonchev–Trinajstić information content (AvgIpc) is 3.55. The van der Waals surface area contributed by atoms with Gasteiger partial charge in [-0.25, -0.2) is 4.68 Å². The third-order valence-corrected chi connectivity index (χ3v) is 9.42. The molecule has 5 rings (SSSR count). The maximum absolute atomic E-state index is 14.1. The predicted octanol–water partition coefficient (Wildman–Crippen LogP) is 4.39. The minimum atomic E-state index is -0.906. The minimum absolute atomic E-state index is 0.0521. The van der Waals surface area contributed by atoms with Crippen LogP contribution in [0.5, 0.6) is 5.75 Å². The van der Waals surface area contributed by atoms with Crippen LogP contribution >= 0.6 is 15.9 Å². The van der Waals surface area contributed by atoms with Gasteiger partial charge in [0.2, 0.25) is 11.8 Å². The van der Waals surface area contributed by atoms with E-state index in [1.165, 1.54) is 0 Å². The molecule has 2 unspecified atom stereocenters. The molecule has 2 aromatic rings. The number of rotatable bonds is 8. The van der Waals surface area contributed by atoms with Crippen LogP contribution in [0.1, 0.15) is 81.8 Å². The summed E-state index contributed by atoms with van der Waals surface area (Å²) >= 11 is 3.71. The normalized spacial score (nSPS) is 24.9. The highest BCUT2D eigenvalue weighted by molar-refractivity contribution is 9.10. The van der Waals surface area contributed by atoms with Crippen LogP contribution in [0, 0.1) is 17.8 Å². The number of carbonyl (C=O) groups excluding carboxylic acids is 2. The summed E-state index contributed by atoms with van der Waals surface area (Å²) in [6.07, 6.45) is 5.99. The van der Waals surface area contributed by atoms with E-state index in [2.05, 4.69) is 26.2 Å². The lowest BCUT2D eigenvalue weighted by molar-refractivity contribution is -0.154. The van der Waals surface area contributed by atoms with Gasteiger partial charge in [0.15, 0.2) is 0 Å². The Morgan fingerprint density at radius 3 is 2.55 bits per heavy atom. The van der Waals surface area contributed by atoms with Crippen molar-refractivity contribution in [2.75, 3.05) is 19.6 Å². The number of fused-ring (bicyclic) bond motifs is 1. The monoisotopic (exact) mass is 615 g/mol. The van der Waals surface area contributed by atoms with Gasteiger partial charge in [0.25, 0.3) is 0 Å². The molecule has 1 saturated heterocycles. The molecular weight excluding hydrogens is 578 g/mol. The first-order valence-corrected chi connectivity index (χ1v) is 15.1. The van der Waals surface area contributed by atoms with Crippen LogP contribution in [0.15, 0.2) is 22.8 Å². The van der Waals surface area contributed by atoms with Gasteiger partial charge >= 0.3 is 5.97 Å². The molecule has 1 saturated carbocycles. The fourth-order valence-electron chi connectivity index (χ4n) is 6.36. The molecule has 3 aliphatic rings. The molecule has 40 heavy (non-hydrogen) atoms. The summed E-state index contributed by atoms with van der Waals surface area (Å²) < 4.78 is 9.05. The fraction of sp³-hybridized carbons (Fsp3) is 0.621. The highest BCUT2D eigenvalue weighted by Crippen LogP contribution is 2.43. The summed E-state index contributed by atoms with van der Waals surface area (Å²) in [6, 6.07) is 3.59. The standard InChI is InChI=1S/C29H38BrN5O5/c1-17(2)35-14-19(31-32-35)16-40-25-9-8-23(30)22-11-13-34(28(37)20-6-4-5-7-21(20)29(38)39)24(26(22)25)15-33-12-10-18(3)27(33)36/h8-9,14,17-18,20-21,24H,4-7,10-13,15-16H2,1-3H3,(H,38,39)/t18?,20?,21-,24-/m1/s1. The zero-order valence-corrected chi connectivity index (χ0v) is 25.0. The number of aromatic nitrogens is 3. The molecular formula is C29H38BrN5O5. The van der Waals surface area contributed by atoms with Crippen LogP contribution in [0.4, 0.5) is 0 Å². The van der Waals surface area contributed by atoms with E-state index < -0.39 is 23.8 Å². The average molecular weight is 617 g/mol. The van der Waals surface area contributed by atoms with Gasteiger partial charge in [-0.15, -0.1) is 5.10 Å². The Balaban J connectivity index is 1.50. The smallest absolute Gasteiger partial charge is 0.307 e. The molecule has 10 nitrogen and oxygen atoms in total. The van der Waals surface area contributed by atoms with Crippen molar-refractivity contribution in [1.29, 1.82) is 0 Å². The molecule has 4 atom stereocenters. The highest BCUT2D eigenvalue weighted by Gasteiger charge is 2.44. The lowest BCUT2D eigenvalue weighted by Crippen LogP contribution is -2.50. The molecule has 0 bridgehead atoms. The van der Waals surface area contributed by atoms with Crippen LogP contribution in [0.25, 0.3) is 0 Å². The number of amides is 2. The Kier molecular flexibility index (Phi) is 8.49. The number of carbonyl (C=O) groups is 3. The van der Waals surface area contributed by atoms with Gasteiger partial charge < -0.3 is 19.6 Å². The second kappa shape index (κ2) is 11.9. The van der Waals surface area contributed by atoms with Gasteiger partial charge in [0.05, 0.1) is 24.1 Å². The quantitative estimate of drug-likeness (QED) is 0.468. The van der Waals surface area contributed by atoms with E-state index in [1.54, 1.807) is 4.68 Å². The lowest BCUT2D eigenvalue weighted by atomic mass is 9.77. The molecule has 216 valence electrons. The van der Waals surface area contributed by atoms with Gasteiger partial charge in [-0.3, -0.25) is 14.4 Å². The Hall–Kier alpha value is -2.95. The maximum atomic E-state index is 14.1. The van der Waals surface area contributed by atoms with E-state index in [1.807, 2.05) is 48.9 Å². The number of carboxylic acids is 1. The Labute approximate surface area is 243 Å². The van der Waals surface area contributed by atoms with Gasteiger partial charge in [-0.1, -0.05) is 40.9 Å². The molecule has 0 radical (unpaired) electrons. The molecule has 11 heteroatoms. The number of aliphatic carboxylic acids is 1. The summed E-state index contributed by atoms with van der Waals surface area (Å²) in [5.41, 5.74) is 2.62. The van der Waals surface area contributed by atoms with Gasteiger partial charge in [-0.05, 0) is 57.2 Å². The van der Waals surface area contributed by atoms with Crippen LogP contribution in [-0.4, -0.2) is 67.3 Å². The van der Waals surface area contributed by atoms with Crippen molar-refractivity contribution in [3.63, 3.8) is 0 Å². The lowest BCUT2D eigenvalue weighted by Gasteiger charge is -2.43. The SMILES string of the molecule is CC1CCN(C[C@@H]2c3c(OCc4cn(C(C)C)nn4)ccc(Br)c3CCN2C(=O)C2CCCC[C@H]2C(=O)O)C1=O. The summed E-state index contributed by atoms with van der Waals surface area (Å²) in [7, 11) is 0. The van der Waals surface area contributed by atoms with E-state index in [0.29, 0.717) is 50.3 Å². The number of hydrogen-bond acceptors (Lipinski definition) is 6. The first kappa shape index (κ1) is 28.6. The number of nitrogens with zero attached hydrogens (tertiary/aromatic N) is 5. The van der Waals surface area contributed by atoms with Gasteiger partial charge in [0, 0.05) is 41.6 Å². The third kappa shape index (κ3) is 5.62. The van der Waals surface area contributed by atoms with E-state index in [-0.39, 0.29) is 30.4 Å². The molecule has 2 aliphatic heterocycles. The molecule has 1 aromatic heterocycles. The van der Waals surface area contributed by atoms with E-state index in [0.717, 1.165) is 34.9 Å². The Morgan fingerprint density at radius 2 is 1.90 bits per heavy atom. The van der Waals surface area contributed by atoms with Crippen LogP contribution < -0.4 is 4.74 Å². The highest BCUT2D eigenvalue weighted by atomic mass is 79.9. The van der Waals surface area contributed by atoms with Crippen LogP contribution in [-0.2, 0) is 27.4 Å². The first-order chi connectivity index (χ1) is 19.2. The molecule has 2 amide bonds. The number of benzene rings is 1. The summed E-state index contributed by atoms with van der Waals surface area (Å²) in [4.78, 5) is 42.9. The van der Waals surface area contributed by atoms with Crippen molar-refractivity contribution in [3.8, 4) is 5.75 Å².